The summed E-state index contributed by atoms with van der Waals surface area (Å²) in [5.74, 6) is 0.451. The highest BCUT2D eigenvalue weighted by atomic mass is 19.1. The molecule has 5 nitrogen and oxygen atoms in total. The number of halogens is 1. The second kappa shape index (κ2) is 8.55. The Kier molecular flexibility index (Phi) is 5.68. The monoisotopic (exact) mass is 401 g/mol. The minimum Gasteiger partial charge on any atom is -0.306 e. The molecule has 4 aromatic rings. The minimum absolute atomic E-state index is 0.0729. The number of hydrogen-bond donors (Lipinski definition) is 1. The SMILES string of the molecule is Cc1cccc(-c2ncc(CN[C@H](C)c3cnn(-c4cccc(F)c4)c3C)cn2)c1. The number of benzene rings is 2. The van der Waals surface area contributed by atoms with Crippen molar-refractivity contribution in [3.05, 3.63) is 95.3 Å². The van der Waals surface area contributed by atoms with Crippen LogP contribution in [0.25, 0.3) is 17.1 Å². The topological polar surface area (TPSA) is 55.6 Å². The second-order valence-electron chi connectivity index (χ2n) is 7.46. The van der Waals surface area contributed by atoms with Crippen LogP contribution in [0.4, 0.5) is 4.39 Å². The quantitative estimate of drug-likeness (QED) is 0.497. The Balaban J connectivity index is 1.43. The smallest absolute Gasteiger partial charge is 0.159 e. The Morgan fingerprint density at radius 2 is 1.77 bits per heavy atom. The molecule has 0 aliphatic heterocycles. The van der Waals surface area contributed by atoms with Crippen LogP contribution in [0.2, 0.25) is 0 Å². The van der Waals surface area contributed by atoms with E-state index in [0.717, 1.165) is 28.2 Å². The van der Waals surface area contributed by atoms with Gasteiger partial charge in [0.05, 0.1) is 11.9 Å². The largest absolute Gasteiger partial charge is 0.306 e. The van der Waals surface area contributed by atoms with E-state index in [0.29, 0.717) is 12.2 Å². The molecule has 0 spiro atoms. The van der Waals surface area contributed by atoms with Crippen LogP contribution in [-0.4, -0.2) is 19.7 Å². The van der Waals surface area contributed by atoms with Crippen molar-refractivity contribution in [3.8, 4) is 17.1 Å². The van der Waals surface area contributed by atoms with Crippen LogP contribution >= 0.6 is 0 Å². The first-order chi connectivity index (χ1) is 14.5. The molecule has 6 heteroatoms. The summed E-state index contributed by atoms with van der Waals surface area (Å²) in [6, 6.07) is 14.7. The molecule has 0 aliphatic rings. The molecule has 30 heavy (non-hydrogen) atoms. The number of nitrogens with zero attached hydrogens (tertiary/aromatic N) is 4. The van der Waals surface area contributed by atoms with E-state index in [2.05, 4.69) is 46.4 Å². The molecule has 1 atom stereocenters. The van der Waals surface area contributed by atoms with Crippen molar-refractivity contribution in [1.82, 2.24) is 25.1 Å². The van der Waals surface area contributed by atoms with Gasteiger partial charge in [0.25, 0.3) is 0 Å². The molecule has 2 aromatic carbocycles. The summed E-state index contributed by atoms with van der Waals surface area (Å²) < 4.78 is 15.3. The molecule has 2 aromatic heterocycles. The Morgan fingerprint density at radius 1 is 1.00 bits per heavy atom. The van der Waals surface area contributed by atoms with Gasteiger partial charge >= 0.3 is 0 Å². The van der Waals surface area contributed by atoms with Gasteiger partial charge < -0.3 is 5.32 Å². The lowest BCUT2D eigenvalue weighted by atomic mass is 10.1. The van der Waals surface area contributed by atoms with Crippen LogP contribution in [0.3, 0.4) is 0 Å². The average molecular weight is 401 g/mol. The van der Waals surface area contributed by atoms with E-state index < -0.39 is 0 Å². The lowest BCUT2D eigenvalue weighted by Gasteiger charge is -2.14. The molecule has 152 valence electrons. The van der Waals surface area contributed by atoms with Gasteiger partial charge in [-0.1, -0.05) is 29.8 Å². The molecular weight excluding hydrogens is 377 g/mol. The third-order valence-electron chi connectivity index (χ3n) is 5.16. The zero-order chi connectivity index (χ0) is 21.1. The van der Waals surface area contributed by atoms with Crippen LogP contribution in [0.15, 0.2) is 67.1 Å². The van der Waals surface area contributed by atoms with Crippen LogP contribution in [-0.2, 0) is 6.54 Å². The summed E-state index contributed by atoms with van der Waals surface area (Å²) in [7, 11) is 0. The summed E-state index contributed by atoms with van der Waals surface area (Å²) in [6.45, 7) is 6.77. The van der Waals surface area contributed by atoms with Crippen molar-refractivity contribution < 1.29 is 4.39 Å². The molecule has 4 rings (SSSR count). The molecule has 2 heterocycles. The standard InChI is InChI=1S/C24H24FN5/c1-16-6-4-7-20(10-16)24-27-13-19(14-28-24)12-26-17(2)23-15-29-30(18(23)3)22-9-5-8-21(25)11-22/h4-11,13-15,17,26H,12H2,1-3H3/t17-/m1/s1. The molecule has 0 amide bonds. The van der Waals surface area contributed by atoms with Gasteiger partial charge in [-0.3, -0.25) is 0 Å². The van der Waals surface area contributed by atoms with Crippen LogP contribution in [0.5, 0.6) is 0 Å². The number of hydrogen-bond acceptors (Lipinski definition) is 4. The zero-order valence-electron chi connectivity index (χ0n) is 17.3. The number of aromatic nitrogens is 4. The highest BCUT2D eigenvalue weighted by Gasteiger charge is 2.14. The minimum atomic E-state index is -0.274. The van der Waals surface area contributed by atoms with Gasteiger partial charge in [-0.15, -0.1) is 0 Å². The zero-order valence-corrected chi connectivity index (χ0v) is 17.3. The van der Waals surface area contributed by atoms with Gasteiger partial charge in [0.2, 0.25) is 0 Å². The van der Waals surface area contributed by atoms with Gasteiger partial charge in [-0.05, 0) is 45.0 Å². The fourth-order valence-corrected chi connectivity index (χ4v) is 3.48. The van der Waals surface area contributed by atoms with Gasteiger partial charge in [0.15, 0.2) is 5.82 Å². The first-order valence-corrected chi connectivity index (χ1v) is 9.93. The van der Waals surface area contributed by atoms with Crippen molar-refractivity contribution in [1.29, 1.82) is 0 Å². The van der Waals surface area contributed by atoms with E-state index >= 15 is 0 Å². The number of aryl methyl sites for hydroxylation is 1. The van der Waals surface area contributed by atoms with E-state index in [1.807, 2.05) is 43.7 Å². The number of nitrogens with one attached hydrogen (secondary N) is 1. The molecule has 0 saturated heterocycles. The highest BCUT2D eigenvalue weighted by Crippen LogP contribution is 2.21. The van der Waals surface area contributed by atoms with Crippen molar-refractivity contribution in [2.24, 2.45) is 0 Å². The Hall–Kier alpha value is -3.38. The fraction of sp³-hybridized carbons (Fsp3) is 0.208. The molecular formula is C24H24FN5. The van der Waals surface area contributed by atoms with E-state index in [4.69, 9.17) is 0 Å². The van der Waals surface area contributed by atoms with Crippen LogP contribution in [0.1, 0.15) is 35.3 Å². The van der Waals surface area contributed by atoms with Gasteiger partial charge in [-0.25, -0.2) is 19.0 Å². The normalized spacial score (nSPS) is 12.1. The van der Waals surface area contributed by atoms with Crippen LogP contribution < -0.4 is 5.32 Å². The van der Waals surface area contributed by atoms with Crippen molar-refractivity contribution in [2.75, 3.05) is 0 Å². The maximum atomic E-state index is 13.5. The fourth-order valence-electron chi connectivity index (χ4n) is 3.48. The second-order valence-corrected chi connectivity index (χ2v) is 7.46. The van der Waals surface area contributed by atoms with E-state index in [1.165, 1.54) is 17.7 Å². The average Bonchev–Trinajstić information content (AvgIpc) is 3.14. The molecule has 0 saturated carbocycles. The molecule has 0 unspecified atom stereocenters. The molecule has 0 bridgehead atoms. The van der Waals surface area contributed by atoms with E-state index in [-0.39, 0.29) is 11.9 Å². The van der Waals surface area contributed by atoms with Gasteiger partial charge in [-0.2, -0.15) is 5.10 Å². The lowest BCUT2D eigenvalue weighted by Crippen LogP contribution is -2.19. The summed E-state index contributed by atoms with van der Waals surface area (Å²) in [6.07, 6.45) is 5.54. The van der Waals surface area contributed by atoms with Crippen molar-refractivity contribution >= 4 is 0 Å². The predicted molar refractivity (Wildman–Crippen MR) is 116 cm³/mol. The summed E-state index contributed by atoms with van der Waals surface area (Å²) >= 11 is 0. The summed E-state index contributed by atoms with van der Waals surface area (Å²) in [5, 5.41) is 7.93. The van der Waals surface area contributed by atoms with Crippen molar-refractivity contribution in [2.45, 2.75) is 33.4 Å². The third-order valence-corrected chi connectivity index (χ3v) is 5.16. The van der Waals surface area contributed by atoms with Crippen LogP contribution in [0, 0.1) is 19.7 Å². The van der Waals surface area contributed by atoms with Crippen molar-refractivity contribution in [3.63, 3.8) is 0 Å². The van der Waals surface area contributed by atoms with Gasteiger partial charge in [0.1, 0.15) is 5.82 Å². The lowest BCUT2D eigenvalue weighted by molar-refractivity contribution is 0.570. The highest BCUT2D eigenvalue weighted by molar-refractivity contribution is 5.55. The molecule has 0 radical (unpaired) electrons. The molecule has 1 N–H and O–H groups in total. The van der Waals surface area contributed by atoms with E-state index in [1.54, 1.807) is 10.7 Å². The van der Waals surface area contributed by atoms with E-state index in [9.17, 15) is 4.39 Å². The predicted octanol–water partition coefficient (Wildman–Crippen LogP) is 4.94. The summed E-state index contributed by atoms with van der Waals surface area (Å²) in [5.41, 5.74) is 5.97. The Labute approximate surface area is 175 Å². The Morgan fingerprint density at radius 3 is 2.50 bits per heavy atom. The summed E-state index contributed by atoms with van der Waals surface area (Å²) in [4.78, 5) is 9.01. The first-order valence-electron chi connectivity index (χ1n) is 9.93. The van der Waals surface area contributed by atoms with Gasteiger partial charge in [0, 0.05) is 47.4 Å². The third kappa shape index (κ3) is 4.28. The Bertz CT molecular complexity index is 1150. The number of rotatable bonds is 6. The maximum absolute atomic E-state index is 13.5. The first kappa shape index (κ1) is 19.9. The molecule has 0 aliphatic carbocycles. The molecule has 0 fully saturated rings. The maximum Gasteiger partial charge on any atom is 0.159 e.